The second-order valence-corrected chi connectivity index (χ2v) is 8.32. The lowest BCUT2D eigenvalue weighted by atomic mass is 10.0. The van der Waals surface area contributed by atoms with E-state index in [9.17, 15) is 8.42 Å². The number of nitrogens with zero attached hydrogens (tertiary/aromatic N) is 3. The van der Waals surface area contributed by atoms with E-state index in [1.165, 1.54) is 10.6 Å². The number of hydrogen-bond donors (Lipinski definition) is 1. The minimum atomic E-state index is -3.13. The maximum atomic E-state index is 11.7. The van der Waals surface area contributed by atoms with E-state index in [-0.39, 0.29) is 0 Å². The molecule has 0 aliphatic carbocycles. The maximum absolute atomic E-state index is 11.7. The Morgan fingerprint density at radius 3 is 2.40 bits per heavy atom. The molecule has 1 aromatic heterocycles. The maximum Gasteiger partial charge on any atom is 0.211 e. The summed E-state index contributed by atoms with van der Waals surface area (Å²) >= 11 is 0. The summed E-state index contributed by atoms with van der Waals surface area (Å²) in [6.07, 6.45) is 3.11. The van der Waals surface area contributed by atoms with Crippen LogP contribution in [-0.4, -0.2) is 55.4 Å². The van der Waals surface area contributed by atoms with Crippen LogP contribution < -0.4 is 4.90 Å². The van der Waals surface area contributed by atoms with E-state index in [1.807, 2.05) is 24.4 Å². The summed E-state index contributed by atoms with van der Waals surface area (Å²) in [5.74, 6) is 0. The average Bonchev–Trinajstić information content (AvgIpc) is 3.09. The molecule has 130 valence electrons. The number of aromatic amines is 1. The van der Waals surface area contributed by atoms with Crippen molar-refractivity contribution in [3.8, 4) is 11.1 Å². The number of nitrogens with one attached hydrogen (secondary N) is 1. The lowest BCUT2D eigenvalue weighted by Crippen LogP contribution is -2.48. The third-order valence-corrected chi connectivity index (χ3v) is 6.00. The van der Waals surface area contributed by atoms with Crippen LogP contribution in [0.1, 0.15) is 0 Å². The highest BCUT2D eigenvalue weighted by Gasteiger charge is 2.24. The Hall–Kier alpha value is -2.38. The number of anilines is 1. The van der Waals surface area contributed by atoms with Crippen LogP contribution in [0.4, 0.5) is 5.69 Å². The lowest BCUT2D eigenvalue weighted by Gasteiger charge is -2.35. The lowest BCUT2D eigenvalue weighted by molar-refractivity contribution is 0.388. The van der Waals surface area contributed by atoms with Gasteiger partial charge in [0.25, 0.3) is 0 Å². The van der Waals surface area contributed by atoms with E-state index in [1.54, 1.807) is 0 Å². The molecule has 1 saturated heterocycles. The fourth-order valence-corrected chi connectivity index (χ4v) is 4.18. The fourth-order valence-electron chi connectivity index (χ4n) is 3.35. The van der Waals surface area contributed by atoms with Crippen molar-refractivity contribution in [2.45, 2.75) is 0 Å². The van der Waals surface area contributed by atoms with Crippen molar-refractivity contribution >= 4 is 26.6 Å². The predicted molar refractivity (Wildman–Crippen MR) is 100 cm³/mol. The van der Waals surface area contributed by atoms with Crippen molar-refractivity contribution in [3.05, 3.63) is 48.7 Å². The highest BCUT2D eigenvalue weighted by Crippen LogP contribution is 2.33. The molecule has 0 bridgehead atoms. The molecule has 1 N–H and O–H groups in total. The Labute approximate surface area is 147 Å². The summed E-state index contributed by atoms with van der Waals surface area (Å²) in [5.41, 5.74) is 4.35. The molecule has 1 aliphatic rings. The molecule has 2 heterocycles. The number of rotatable bonds is 3. The van der Waals surface area contributed by atoms with Gasteiger partial charge in [0.2, 0.25) is 10.0 Å². The molecule has 1 fully saturated rings. The summed E-state index contributed by atoms with van der Waals surface area (Å²) in [6, 6.07) is 14.5. The fraction of sp³-hybridized carbons (Fsp3) is 0.278. The number of H-pyrrole nitrogens is 1. The molecule has 25 heavy (non-hydrogen) atoms. The van der Waals surface area contributed by atoms with Crippen LogP contribution in [-0.2, 0) is 10.0 Å². The summed E-state index contributed by atoms with van der Waals surface area (Å²) < 4.78 is 25.0. The van der Waals surface area contributed by atoms with Crippen LogP contribution in [0.3, 0.4) is 0 Å². The molecule has 0 radical (unpaired) electrons. The van der Waals surface area contributed by atoms with E-state index in [0.717, 1.165) is 27.7 Å². The van der Waals surface area contributed by atoms with Crippen LogP contribution in [0.5, 0.6) is 0 Å². The zero-order valence-electron chi connectivity index (χ0n) is 14.0. The molecular formula is C18H20N4O2S. The minimum Gasteiger partial charge on any atom is -0.368 e. The van der Waals surface area contributed by atoms with Gasteiger partial charge in [0.15, 0.2) is 0 Å². The highest BCUT2D eigenvalue weighted by atomic mass is 32.2. The van der Waals surface area contributed by atoms with Crippen molar-refractivity contribution in [1.29, 1.82) is 0 Å². The van der Waals surface area contributed by atoms with E-state index in [4.69, 9.17) is 0 Å². The Balaban J connectivity index is 1.71. The van der Waals surface area contributed by atoms with E-state index >= 15 is 0 Å². The Morgan fingerprint density at radius 2 is 1.72 bits per heavy atom. The largest absolute Gasteiger partial charge is 0.368 e. The number of benzene rings is 2. The average molecular weight is 356 g/mol. The molecule has 0 amide bonds. The standard InChI is InChI=1S/C18H20N4O2S/c1-25(23,24)22-9-7-21(8-10-22)18-12-15(14-5-3-2-4-6-14)11-17-16(18)13-19-20-17/h2-6,11-13H,7-10H2,1H3,(H,19,20). The van der Waals surface area contributed by atoms with Crippen LogP contribution in [0.15, 0.2) is 48.7 Å². The first kappa shape index (κ1) is 16.1. The van der Waals surface area contributed by atoms with Gasteiger partial charge in [-0.2, -0.15) is 9.40 Å². The monoisotopic (exact) mass is 356 g/mol. The molecule has 4 rings (SSSR count). The van der Waals surface area contributed by atoms with Crippen LogP contribution >= 0.6 is 0 Å². The van der Waals surface area contributed by atoms with Crippen molar-refractivity contribution in [2.24, 2.45) is 0 Å². The van der Waals surface area contributed by atoms with Gasteiger partial charge < -0.3 is 4.90 Å². The van der Waals surface area contributed by atoms with Crippen LogP contribution in [0.25, 0.3) is 22.0 Å². The summed E-state index contributed by atoms with van der Waals surface area (Å²) in [7, 11) is -3.13. The van der Waals surface area contributed by atoms with Crippen molar-refractivity contribution in [2.75, 3.05) is 37.3 Å². The zero-order chi connectivity index (χ0) is 17.4. The highest BCUT2D eigenvalue weighted by molar-refractivity contribution is 7.88. The van der Waals surface area contributed by atoms with E-state index in [0.29, 0.717) is 26.2 Å². The van der Waals surface area contributed by atoms with Gasteiger partial charge in [-0.1, -0.05) is 30.3 Å². The molecule has 0 spiro atoms. The first-order valence-corrected chi connectivity index (χ1v) is 10.1. The molecule has 6 nitrogen and oxygen atoms in total. The molecule has 0 saturated carbocycles. The van der Waals surface area contributed by atoms with Gasteiger partial charge in [0.1, 0.15) is 0 Å². The Morgan fingerprint density at radius 1 is 1.00 bits per heavy atom. The molecule has 0 unspecified atom stereocenters. The van der Waals surface area contributed by atoms with Crippen LogP contribution in [0.2, 0.25) is 0 Å². The van der Waals surface area contributed by atoms with Gasteiger partial charge in [-0.15, -0.1) is 0 Å². The van der Waals surface area contributed by atoms with Crippen molar-refractivity contribution in [3.63, 3.8) is 0 Å². The third-order valence-electron chi connectivity index (χ3n) is 4.69. The second kappa shape index (κ2) is 6.16. The SMILES string of the molecule is CS(=O)(=O)N1CCN(c2cc(-c3ccccc3)cc3[nH]ncc23)CC1. The summed E-state index contributed by atoms with van der Waals surface area (Å²) in [5, 5.41) is 8.31. The number of piperazine rings is 1. The van der Waals surface area contributed by atoms with Gasteiger partial charge in [-0.25, -0.2) is 8.42 Å². The third kappa shape index (κ3) is 3.12. The zero-order valence-corrected chi connectivity index (χ0v) is 14.8. The van der Waals surface area contributed by atoms with Crippen molar-refractivity contribution in [1.82, 2.24) is 14.5 Å². The first-order valence-electron chi connectivity index (χ1n) is 8.25. The summed E-state index contributed by atoms with van der Waals surface area (Å²) in [6.45, 7) is 2.36. The van der Waals surface area contributed by atoms with Crippen molar-refractivity contribution < 1.29 is 8.42 Å². The van der Waals surface area contributed by atoms with E-state index < -0.39 is 10.0 Å². The van der Waals surface area contributed by atoms with Crippen LogP contribution in [0, 0.1) is 0 Å². The molecule has 0 atom stereocenters. The van der Waals surface area contributed by atoms with Gasteiger partial charge in [-0.05, 0) is 23.3 Å². The first-order chi connectivity index (χ1) is 12.0. The molecule has 1 aliphatic heterocycles. The Bertz CT molecular complexity index is 990. The van der Waals surface area contributed by atoms with Gasteiger partial charge in [-0.3, -0.25) is 5.10 Å². The number of aromatic nitrogens is 2. The normalized spacial score (nSPS) is 16.4. The predicted octanol–water partition coefficient (Wildman–Crippen LogP) is 2.31. The second-order valence-electron chi connectivity index (χ2n) is 6.34. The van der Waals surface area contributed by atoms with Gasteiger partial charge in [0, 0.05) is 37.3 Å². The number of sulfonamides is 1. The molecule has 3 aromatic rings. The molecule has 7 heteroatoms. The Kier molecular flexibility index (Phi) is 3.97. The van der Waals surface area contributed by atoms with Gasteiger partial charge >= 0.3 is 0 Å². The minimum absolute atomic E-state index is 0.508. The quantitative estimate of drug-likeness (QED) is 0.782. The number of hydrogen-bond acceptors (Lipinski definition) is 4. The topological polar surface area (TPSA) is 69.3 Å². The van der Waals surface area contributed by atoms with Gasteiger partial charge in [0.05, 0.1) is 18.0 Å². The van der Waals surface area contributed by atoms with E-state index in [2.05, 4.69) is 39.4 Å². The number of fused-ring (bicyclic) bond motifs is 1. The molecule has 2 aromatic carbocycles. The summed E-state index contributed by atoms with van der Waals surface area (Å²) in [4.78, 5) is 2.24. The molecular weight excluding hydrogens is 336 g/mol. The smallest absolute Gasteiger partial charge is 0.211 e.